The largest absolute Gasteiger partial charge is 0.393 e. The van der Waals surface area contributed by atoms with Crippen LogP contribution in [0.25, 0.3) is 0 Å². The smallest absolute Gasteiger partial charge is 0.171 e. The van der Waals surface area contributed by atoms with Gasteiger partial charge in [0, 0.05) is 12.8 Å². The van der Waals surface area contributed by atoms with Crippen molar-refractivity contribution in [2.75, 3.05) is 0 Å². The van der Waals surface area contributed by atoms with E-state index in [-0.39, 0.29) is 12.8 Å². The molecule has 0 fully saturated rings. The molecular weight excluding hydrogens is 129 g/mol. The van der Waals surface area contributed by atoms with Crippen LogP contribution in [-0.2, 0) is 0 Å². The molecule has 0 unspecified atom stereocenters. The second kappa shape index (κ2) is 1.94. The molecule has 0 amide bonds. The number of hydrogen-bond donors (Lipinski definition) is 0. The Kier molecular flexibility index (Phi) is 1.40. The molecule has 0 atom stereocenters. The van der Waals surface area contributed by atoms with Crippen molar-refractivity contribution in [3.8, 4) is 11.8 Å². The molecular formula is C6H5F3. The van der Waals surface area contributed by atoms with Crippen molar-refractivity contribution in [3.63, 3.8) is 0 Å². The first-order valence-corrected chi connectivity index (χ1v) is 2.63. The number of rotatable bonds is 0. The summed E-state index contributed by atoms with van der Waals surface area (Å²) in [5.74, 6) is 3.61. The van der Waals surface area contributed by atoms with Gasteiger partial charge in [0.05, 0.1) is 5.92 Å². The van der Waals surface area contributed by atoms with Crippen molar-refractivity contribution in [1.82, 2.24) is 0 Å². The quantitative estimate of drug-likeness (QED) is 0.444. The molecule has 0 spiro atoms. The molecule has 50 valence electrons. The zero-order valence-electron chi connectivity index (χ0n) is 4.63. The van der Waals surface area contributed by atoms with Crippen molar-refractivity contribution in [1.29, 1.82) is 0 Å². The summed E-state index contributed by atoms with van der Waals surface area (Å²) >= 11 is 0. The van der Waals surface area contributed by atoms with Crippen molar-refractivity contribution in [2.24, 2.45) is 5.92 Å². The molecule has 1 rings (SSSR count). The lowest BCUT2D eigenvalue weighted by molar-refractivity contribution is -0.170. The minimum atomic E-state index is -4.05. The van der Waals surface area contributed by atoms with Crippen LogP contribution in [-0.4, -0.2) is 6.18 Å². The SMILES string of the molecule is FC(F)(F)C1CC#CC1. The molecule has 3 heteroatoms. The zero-order chi connectivity index (χ0) is 6.91. The highest BCUT2D eigenvalue weighted by Gasteiger charge is 2.39. The first-order valence-electron chi connectivity index (χ1n) is 2.63. The summed E-state index contributed by atoms with van der Waals surface area (Å²) in [5.41, 5.74) is 0. The van der Waals surface area contributed by atoms with Gasteiger partial charge in [-0.3, -0.25) is 0 Å². The minimum Gasteiger partial charge on any atom is -0.171 e. The van der Waals surface area contributed by atoms with Crippen LogP contribution in [0.2, 0.25) is 0 Å². The predicted molar refractivity (Wildman–Crippen MR) is 26.6 cm³/mol. The van der Waals surface area contributed by atoms with Gasteiger partial charge in [0.25, 0.3) is 0 Å². The van der Waals surface area contributed by atoms with Crippen molar-refractivity contribution in [3.05, 3.63) is 0 Å². The Balaban J connectivity index is 2.47. The molecule has 1 aliphatic carbocycles. The monoisotopic (exact) mass is 134 g/mol. The summed E-state index contributed by atoms with van der Waals surface area (Å²) in [7, 11) is 0. The second-order valence-corrected chi connectivity index (χ2v) is 2.00. The van der Waals surface area contributed by atoms with E-state index >= 15 is 0 Å². The highest BCUT2D eigenvalue weighted by atomic mass is 19.4. The Morgan fingerprint density at radius 1 is 1.11 bits per heavy atom. The summed E-state index contributed by atoms with van der Waals surface area (Å²) in [6, 6.07) is 0. The van der Waals surface area contributed by atoms with Crippen LogP contribution >= 0.6 is 0 Å². The van der Waals surface area contributed by atoms with Gasteiger partial charge in [0.15, 0.2) is 0 Å². The van der Waals surface area contributed by atoms with E-state index in [0.717, 1.165) is 0 Å². The maximum absolute atomic E-state index is 11.7. The van der Waals surface area contributed by atoms with Crippen LogP contribution in [0.1, 0.15) is 12.8 Å². The molecule has 0 aromatic heterocycles. The Bertz CT molecular complexity index is 147. The predicted octanol–water partition coefficient (Wildman–Crippen LogP) is 1.96. The molecule has 0 N–H and O–H groups in total. The lowest BCUT2D eigenvalue weighted by Crippen LogP contribution is -2.19. The third-order valence-electron chi connectivity index (χ3n) is 1.28. The Morgan fingerprint density at radius 3 is 1.78 bits per heavy atom. The van der Waals surface area contributed by atoms with E-state index in [9.17, 15) is 13.2 Å². The summed E-state index contributed by atoms with van der Waals surface area (Å²) < 4.78 is 35.0. The molecule has 0 bridgehead atoms. The van der Waals surface area contributed by atoms with Gasteiger partial charge in [-0.15, -0.1) is 11.8 Å². The molecule has 0 aromatic carbocycles. The van der Waals surface area contributed by atoms with Crippen LogP contribution in [0.5, 0.6) is 0 Å². The maximum Gasteiger partial charge on any atom is 0.393 e. The summed E-state index contributed by atoms with van der Waals surface area (Å²) in [6.07, 6.45) is -4.07. The minimum absolute atomic E-state index is 0.0104. The van der Waals surface area contributed by atoms with Crippen molar-refractivity contribution < 1.29 is 13.2 Å². The third-order valence-corrected chi connectivity index (χ3v) is 1.28. The molecule has 0 nitrogen and oxygen atoms in total. The normalized spacial score (nSPS) is 19.4. The molecule has 0 heterocycles. The topological polar surface area (TPSA) is 0 Å². The molecule has 0 saturated heterocycles. The lowest BCUT2D eigenvalue weighted by Gasteiger charge is -2.11. The van der Waals surface area contributed by atoms with Gasteiger partial charge in [-0.1, -0.05) is 0 Å². The summed E-state index contributed by atoms with van der Waals surface area (Å²) in [6.45, 7) is 0. The Labute approximate surface area is 51.1 Å². The van der Waals surface area contributed by atoms with E-state index in [4.69, 9.17) is 0 Å². The van der Waals surface area contributed by atoms with Crippen LogP contribution in [0.3, 0.4) is 0 Å². The van der Waals surface area contributed by atoms with Gasteiger partial charge in [0.1, 0.15) is 0 Å². The zero-order valence-corrected chi connectivity index (χ0v) is 4.63. The van der Waals surface area contributed by atoms with Crippen molar-refractivity contribution >= 4 is 0 Å². The van der Waals surface area contributed by atoms with E-state index in [1.165, 1.54) is 0 Å². The maximum atomic E-state index is 11.7. The van der Waals surface area contributed by atoms with Gasteiger partial charge in [-0.2, -0.15) is 13.2 Å². The number of halogens is 3. The molecule has 0 aliphatic heterocycles. The fourth-order valence-electron chi connectivity index (χ4n) is 0.694. The Hall–Kier alpha value is -0.650. The lowest BCUT2D eigenvalue weighted by atomic mass is 10.1. The first kappa shape index (κ1) is 6.47. The Morgan fingerprint density at radius 2 is 1.56 bits per heavy atom. The summed E-state index contributed by atoms with van der Waals surface area (Å²) in [4.78, 5) is 0. The van der Waals surface area contributed by atoms with Gasteiger partial charge in [-0.25, -0.2) is 0 Å². The van der Waals surface area contributed by atoms with Crippen molar-refractivity contribution in [2.45, 2.75) is 19.0 Å². The van der Waals surface area contributed by atoms with Gasteiger partial charge in [-0.05, 0) is 0 Å². The first-order chi connectivity index (χ1) is 4.11. The van der Waals surface area contributed by atoms with E-state index in [0.29, 0.717) is 0 Å². The highest BCUT2D eigenvalue weighted by Crippen LogP contribution is 2.32. The fraction of sp³-hybridized carbons (Fsp3) is 0.667. The molecule has 0 saturated carbocycles. The molecule has 1 aliphatic rings. The highest BCUT2D eigenvalue weighted by molar-refractivity contribution is 5.09. The fourth-order valence-corrected chi connectivity index (χ4v) is 0.694. The van der Waals surface area contributed by atoms with E-state index in [1.807, 2.05) is 0 Å². The molecule has 9 heavy (non-hydrogen) atoms. The van der Waals surface area contributed by atoms with E-state index < -0.39 is 12.1 Å². The van der Waals surface area contributed by atoms with E-state index in [2.05, 4.69) is 11.8 Å². The van der Waals surface area contributed by atoms with Crippen LogP contribution < -0.4 is 0 Å². The van der Waals surface area contributed by atoms with Crippen LogP contribution in [0.4, 0.5) is 13.2 Å². The second-order valence-electron chi connectivity index (χ2n) is 2.00. The average molecular weight is 134 g/mol. The number of hydrogen-bond acceptors (Lipinski definition) is 0. The number of alkyl halides is 3. The molecule has 0 radical (unpaired) electrons. The van der Waals surface area contributed by atoms with Gasteiger partial charge >= 0.3 is 6.18 Å². The van der Waals surface area contributed by atoms with Gasteiger partial charge in [0.2, 0.25) is 0 Å². The van der Waals surface area contributed by atoms with Crippen LogP contribution in [0, 0.1) is 17.8 Å². The van der Waals surface area contributed by atoms with Gasteiger partial charge < -0.3 is 0 Å². The summed E-state index contributed by atoms with van der Waals surface area (Å²) in [5, 5.41) is 0. The molecule has 0 aromatic rings. The average Bonchev–Trinajstić information content (AvgIpc) is 2.08. The van der Waals surface area contributed by atoms with E-state index in [1.54, 1.807) is 0 Å². The van der Waals surface area contributed by atoms with Crippen LogP contribution in [0.15, 0.2) is 0 Å². The standard InChI is InChI=1S/C6H5F3/c7-6(8,9)5-3-1-2-4-5/h5H,3-4H2. The third kappa shape index (κ3) is 1.38.